The molecule has 0 radical (unpaired) electrons. The first-order valence-electron chi connectivity index (χ1n) is 6.23. The van der Waals surface area contributed by atoms with Gasteiger partial charge in [-0.1, -0.05) is 25.0 Å². The van der Waals surface area contributed by atoms with Gasteiger partial charge in [0.05, 0.1) is 12.2 Å². The molecule has 0 aromatic heterocycles. The number of hydrogen-bond acceptors (Lipinski definition) is 3. The number of esters is 1. The van der Waals surface area contributed by atoms with Gasteiger partial charge in [-0.25, -0.2) is 4.79 Å². The fourth-order valence-electron chi connectivity index (χ4n) is 1.93. The van der Waals surface area contributed by atoms with Gasteiger partial charge in [0.2, 0.25) is 0 Å². The maximum atomic E-state index is 11.5. The number of carbonyl (C=O) groups excluding carboxylic acids is 1. The molecular formula is C14H19NO2. The number of hydrogen-bond donors (Lipinski definition) is 1. The van der Waals surface area contributed by atoms with Crippen LogP contribution in [0.25, 0.3) is 0 Å². The average Bonchev–Trinajstić information content (AvgIpc) is 3.13. The van der Waals surface area contributed by atoms with Gasteiger partial charge in [0, 0.05) is 6.04 Å². The molecule has 0 bridgehead atoms. The summed E-state index contributed by atoms with van der Waals surface area (Å²) in [7, 11) is 0. The Labute approximate surface area is 102 Å². The lowest BCUT2D eigenvalue weighted by Crippen LogP contribution is -2.11. The third-order valence-electron chi connectivity index (χ3n) is 3.13. The third-order valence-corrected chi connectivity index (χ3v) is 3.13. The molecule has 1 unspecified atom stereocenters. The zero-order valence-electron chi connectivity index (χ0n) is 10.2. The van der Waals surface area contributed by atoms with Gasteiger partial charge in [-0.15, -0.1) is 0 Å². The van der Waals surface area contributed by atoms with E-state index in [0.717, 1.165) is 17.9 Å². The maximum absolute atomic E-state index is 11.5. The van der Waals surface area contributed by atoms with Crippen LogP contribution in [-0.2, 0) is 4.74 Å². The molecule has 3 heteroatoms. The molecule has 0 spiro atoms. The van der Waals surface area contributed by atoms with Crippen molar-refractivity contribution in [3.63, 3.8) is 0 Å². The molecule has 1 aliphatic carbocycles. The van der Waals surface area contributed by atoms with Crippen molar-refractivity contribution in [2.45, 2.75) is 32.2 Å². The Morgan fingerprint density at radius 1 is 1.41 bits per heavy atom. The fourth-order valence-corrected chi connectivity index (χ4v) is 1.93. The van der Waals surface area contributed by atoms with Crippen molar-refractivity contribution in [2.75, 3.05) is 6.61 Å². The van der Waals surface area contributed by atoms with Crippen LogP contribution in [0.3, 0.4) is 0 Å². The number of nitrogens with two attached hydrogens (primary N) is 1. The Bertz CT molecular complexity index is 382. The van der Waals surface area contributed by atoms with Crippen LogP contribution in [0.4, 0.5) is 0 Å². The Balaban J connectivity index is 1.98. The summed E-state index contributed by atoms with van der Waals surface area (Å²) in [6.45, 7) is 2.21. The number of benzene rings is 1. The van der Waals surface area contributed by atoms with Crippen molar-refractivity contribution in [3.8, 4) is 0 Å². The number of ether oxygens (including phenoxy) is 1. The van der Waals surface area contributed by atoms with Gasteiger partial charge in [-0.2, -0.15) is 0 Å². The van der Waals surface area contributed by atoms with Crippen LogP contribution in [0.1, 0.15) is 48.1 Å². The predicted molar refractivity (Wildman–Crippen MR) is 66.7 cm³/mol. The van der Waals surface area contributed by atoms with Gasteiger partial charge in [0.15, 0.2) is 0 Å². The predicted octanol–water partition coefficient (Wildman–Crippen LogP) is 2.66. The van der Waals surface area contributed by atoms with E-state index in [9.17, 15) is 4.79 Å². The van der Waals surface area contributed by atoms with E-state index >= 15 is 0 Å². The van der Waals surface area contributed by atoms with Crippen LogP contribution < -0.4 is 5.73 Å². The van der Waals surface area contributed by atoms with Crippen LogP contribution in [0.2, 0.25) is 0 Å². The van der Waals surface area contributed by atoms with Gasteiger partial charge in [-0.05, 0) is 37.0 Å². The van der Waals surface area contributed by atoms with E-state index < -0.39 is 0 Å². The molecular weight excluding hydrogens is 214 g/mol. The van der Waals surface area contributed by atoms with E-state index in [1.165, 1.54) is 12.8 Å². The summed E-state index contributed by atoms with van der Waals surface area (Å²) >= 11 is 0. The Morgan fingerprint density at radius 3 is 2.59 bits per heavy atom. The first-order valence-corrected chi connectivity index (χ1v) is 6.23. The lowest BCUT2D eigenvalue weighted by molar-refractivity contribution is 0.0526. The van der Waals surface area contributed by atoms with Crippen molar-refractivity contribution < 1.29 is 9.53 Å². The SMILES string of the molecule is CCOC(=O)c1ccc(C(N)CC2CC2)cc1. The van der Waals surface area contributed by atoms with Crippen LogP contribution in [0, 0.1) is 5.92 Å². The van der Waals surface area contributed by atoms with E-state index in [1.807, 2.05) is 12.1 Å². The van der Waals surface area contributed by atoms with Gasteiger partial charge < -0.3 is 10.5 Å². The molecule has 2 N–H and O–H groups in total. The van der Waals surface area contributed by atoms with Crippen LogP contribution in [0.15, 0.2) is 24.3 Å². The molecule has 1 aromatic carbocycles. The monoisotopic (exact) mass is 233 g/mol. The van der Waals surface area contributed by atoms with E-state index in [-0.39, 0.29) is 12.0 Å². The highest BCUT2D eigenvalue weighted by Crippen LogP contribution is 2.36. The van der Waals surface area contributed by atoms with Crippen LogP contribution in [0.5, 0.6) is 0 Å². The molecule has 0 heterocycles. The van der Waals surface area contributed by atoms with Crippen molar-refractivity contribution in [3.05, 3.63) is 35.4 Å². The summed E-state index contributed by atoms with van der Waals surface area (Å²) in [5.41, 5.74) is 7.80. The molecule has 1 fully saturated rings. The summed E-state index contributed by atoms with van der Waals surface area (Å²) in [6.07, 6.45) is 3.68. The van der Waals surface area contributed by atoms with Crippen LogP contribution in [-0.4, -0.2) is 12.6 Å². The summed E-state index contributed by atoms with van der Waals surface area (Å²) in [6, 6.07) is 7.54. The summed E-state index contributed by atoms with van der Waals surface area (Å²) in [5.74, 6) is 0.546. The van der Waals surface area contributed by atoms with Crippen molar-refractivity contribution in [1.82, 2.24) is 0 Å². The zero-order chi connectivity index (χ0) is 12.3. The summed E-state index contributed by atoms with van der Waals surface area (Å²) in [5, 5.41) is 0. The highest BCUT2D eigenvalue weighted by molar-refractivity contribution is 5.89. The largest absolute Gasteiger partial charge is 0.462 e. The molecule has 0 saturated heterocycles. The van der Waals surface area contributed by atoms with Gasteiger partial charge in [0.25, 0.3) is 0 Å². The minimum atomic E-state index is -0.269. The van der Waals surface area contributed by atoms with Crippen LogP contribution >= 0.6 is 0 Å². The van der Waals surface area contributed by atoms with E-state index in [1.54, 1.807) is 19.1 Å². The van der Waals surface area contributed by atoms with E-state index in [2.05, 4.69) is 0 Å². The number of carbonyl (C=O) groups is 1. The van der Waals surface area contributed by atoms with Crippen molar-refractivity contribution in [2.24, 2.45) is 11.7 Å². The fraction of sp³-hybridized carbons (Fsp3) is 0.500. The molecule has 92 valence electrons. The molecule has 1 aromatic rings. The highest BCUT2D eigenvalue weighted by Gasteiger charge is 2.24. The van der Waals surface area contributed by atoms with E-state index in [4.69, 9.17) is 10.5 Å². The molecule has 0 amide bonds. The smallest absolute Gasteiger partial charge is 0.338 e. The van der Waals surface area contributed by atoms with E-state index in [0.29, 0.717) is 12.2 Å². The van der Waals surface area contributed by atoms with Gasteiger partial charge in [-0.3, -0.25) is 0 Å². The molecule has 17 heavy (non-hydrogen) atoms. The molecule has 1 aliphatic rings. The zero-order valence-corrected chi connectivity index (χ0v) is 10.2. The number of rotatable bonds is 5. The molecule has 0 aliphatic heterocycles. The second-order valence-electron chi connectivity index (χ2n) is 4.63. The Hall–Kier alpha value is -1.35. The lowest BCUT2D eigenvalue weighted by atomic mass is 10.0. The minimum Gasteiger partial charge on any atom is -0.462 e. The lowest BCUT2D eigenvalue weighted by Gasteiger charge is -2.11. The third kappa shape index (κ3) is 3.30. The highest BCUT2D eigenvalue weighted by atomic mass is 16.5. The average molecular weight is 233 g/mol. The first kappa shape index (κ1) is 12.1. The summed E-state index contributed by atoms with van der Waals surface area (Å²) in [4.78, 5) is 11.5. The second-order valence-corrected chi connectivity index (χ2v) is 4.63. The van der Waals surface area contributed by atoms with Gasteiger partial charge >= 0.3 is 5.97 Å². The Kier molecular flexibility index (Phi) is 3.79. The minimum absolute atomic E-state index is 0.0961. The molecule has 2 rings (SSSR count). The van der Waals surface area contributed by atoms with Crippen molar-refractivity contribution >= 4 is 5.97 Å². The topological polar surface area (TPSA) is 52.3 Å². The maximum Gasteiger partial charge on any atom is 0.338 e. The normalized spacial score (nSPS) is 16.6. The molecule has 3 nitrogen and oxygen atoms in total. The van der Waals surface area contributed by atoms with Gasteiger partial charge in [0.1, 0.15) is 0 Å². The molecule has 1 atom stereocenters. The first-order chi connectivity index (χ1) is 8.20. The van der Waals surface area contributed by atoms with Crippen molar-refractivity contribution in [1.29, 1.82) is 0 Å². The summed E-state index contributed by atoms with van der Waals surface area (Å²) < 4.78 is 4.93. The second kappa shape index (κ2) is 5.32. The molecule has 1 saturated carbocycles. The Morgan fingerprint density at radius 2 is 2.06 bits per heavy atom. The quantitative estimate of drug-likeness (QED) is 0.795. The standard InChI is InChI=1S/C14H19NO2/c1-2-17-14(16)12-7-5-11(6-8-12)13(15)9-10-3-4-10/h5-8,10,13H,2-4,9,15H2,1H3.